The van der Waals surface area contributed by atoms with Crippen LogP contribution in [0.1, 0.15) is 54.2 Å². The maximum Gasteiger partial charge on any atom is 0.123 e. The Morgan fingerprint density at radius 1 is 0.536 bits per heavy atom. The average Bonchev–Trinajstić information content (AvgIpc) is 2.54. The van der Waals surface area contributed by atoms with Crippen LogP contribution in [0.15, 0.2) is 66.7 Å². The Kier molecular flexibility index (Phi) is 9.12. The molecule has 0 aromatic heterocycles. The number of aryl methyl sites for hydroxylation is 5. The van der Waals surface area contributed by atoms with Crippen LogP contribution in [0.4, 0.5) is 4.39 Å². The van der Waals surface area contributed by atoms with Gasteiger partial charge in [-0.2, -0.15) is 0 Å². The first-order valence-corrected chi connectivity index (χ1v) is 9.81. The Morgan fingerprint density at radius 2 is 0.964 bits per heavy atom. The van der Waals surface area contributed by atoms with Crippen LogP contribution in [0.25, 0.3) is 0 Å². The van der Waals surface area contributed by atoms with Gasteiger partial charge in [-0.05, 0) is 68.9 Å². The first-order valence-electron chi connectivity index (χ1n) is 9.81. The van der Waals surface area contributed by atoms with Gasteiger partial charge < -0.3 is 0 Å². The highest BCUT2D eigenvalue weighted by Crippen LogP contribution is 2.21. The minimum Gasteiger partial charge on any atom is -0.207 e. The van der Waals surface area contributed by atoms with Crippen molar-refractivity contribution in [1.82, 2.24) is 0 Å². The van der Waals surface area contributed by atoms with Gasteiger partial charge in [0.2, 0.25) is 0 Å². The van der Waals surface area contributed by atoms with E-state index in [4.69, 9.17) is 0 Å². The van der Waals surface area contributed by atoms with Crippen LogP contribution in [0.5, 0.6) is 0 Å². The summed E-state index contributed by atoms with van der Waals surface area (Å²) in [5, 5.41) is 0. The maximum atomic E-state index is 12.4. The van der Waals surface area contributed by atoms with Gasteiger partial charge in [-0.3, -0.25) is 0 Å². The second-order valence-electron chi connectivity index (χ2n) is 8.58. The van der Waals surface area contributed by atoms with Crippen molar-refractivity contribution in [3.63, 3.8) is 0 Å². The lowest BCUT2D eigenvalue weighted by molar-refractivity contribution is 0.590. The van der Waals surface area contributed by atoms with Crippen molar-refractivity contribution >= 4 is 0 Å². The van der Waals surface area contributed by atoms with Gasteiger partial charge in [0, 0.05) is 0 Å². The van der Waals surface area contributed by atoms with E-state index in [0.717, 1.165) is 11.1 Å². The SMILES string of the molecule is Cc1cc(C)cc(F)c1.Cc1ccc(C(C)(C)C)cc1.Cc1cccc(C)c1. The molecule has 0 fully saturated rings. The molecule has 0 radical (unpaired) electrons. The Labute approximate surface area is 171 Å². The first-order chi connectivity index (χ1) is 13.0. The van der Waals surface area contributed by atoms with Gasteiger partial charge in [-0.1, -0.05) is 92.1 Å². The third-order valence-electron chi connectivity index (χ3n) is 4.28. The fourth-order valence-corrected chi connectivity index (χ4v) is 2.78. The van der Waals surface area contributed by atoms with Crippen molar-refractivity contribution in [2.75, 3.05) is 0 Å². The summed E-state index contributed by atoms with van der Waals surface area (Å²) in [6.07, 6.45) is 0. The van der Waals surface area contributed by atoms with E-state index in [2.05, 4.69) is 90.1 Å². The van der Waals surface area contributed by atoms with E-state index >= 15 is 0 Å². The quantitative estimate of drug-likeness (QED) is 0.371. The Hall–Kier alpha value is -2.41. The predicted octanol–water partition coefficient (Wildman–Crippen LogP) is 8.04. The fraction of sp³-hybridized carbons (Fsp3) is 0.333. The zero-order valence-electron chi connectivity index (χ0n) is 18.7. The van der Waals surface area contributed by atoms with Crippen molar-refractivity contribution in [3.05, 3.63) is 106 Å². The van der Waals surface area contributed by atoms with E-state index in [0.29, 0.717) is 0 Å². The van der Waals surface area contributed by atoms with Crippen molar-refractivity contribution in [1.29, 1.82) is 0 Å². The first kappa shape index (κ1) is 23.6. The molecule has 3 aromatic rings. The number of halogens is 1. The fourth-order valence-electron chi connectivity index (χ4n) is 2.78. The summed E-state index contributed by atoms with van der Waals surface area (Å²) < 4.78 is 12.4. The second kappa shape index (κ2) is 10.8. The van der Waals surface area contributed by atoms with Crippen LogP contribution in [-0.2, 0) is 5.41 Å². The normalized spacial score (nSPS) is 10.3. The molecule has 0 amide bonds. The molecule has 0 bridgehead atoms. The highest BCUT2D eigenvalue weighted by Gasteiger charge is 2.11. The van der Waals surface area contributed by atoms with Crippen LogP contribution in [0.2, 0.25) is 0 Å². The van der Waals surface area contributed by atoms with E-state index in [-0.39, 0.29) is 11.2 Å². The molecule has 0 aliphatic heterocycles. The highest BCUT2D eigenvalue weighted by atomic mass is 19.1. The molecule has 0 atom stereocenters. The number of hydrogen-bond donors (Lipinski definition) is 0. The summed E-state index contributed by atoms with van der Waals surface area (Å²) in [6.45, 7) is 16.8. The Balaban J connectivity index is 0.000000213. The van der Waals surface area contributed by atoms with Gasteiger partial charge in [0.1, 0.15) is 5.82 Å². The third-order valence-corrected chi connectivity index (χ3v) is 4.28. The molecule has 0 spiro atoms. The van der Waals surface area contributed by atoms with Gasteiger partial charge in [0.15, 0.2) is 0 Å². The summed E-state index contributed by atoms with van der Waals surface area (Å²) in [7, 11) is 0. The molecule has 3 rings (SSSR count). The predicted molar refractivity (Wildman–Crippen MR) is 122 cm³/mol. The Bertz CT molecular complexity index is 784. The average molecular weight is 379 g/mol. The topological polar surface area (TPSA) is 0 Å². The molecule has 0 saturated carbocycles. The summed E-state index contributed by atoms with van der Waals surface area (Å²) >= 11 is 0. The summed E-state index contributed by atoms with van der Waals surface area (Å²) in [5.74, 6) is -0.146. The van der Waals surface area contributed by atoms with Gasteiger partial charge >= 0.3 is 0 Å². The molecule has 0 nitrogen and oxygen atoms in total. The molecular formula is C27H35F. The molecule has 3 aromatic carbocycles. The molecule has 0 N–H and O–H groups in total. The smallest absolute Gasteiger partial charge is 0.123 e. The van der Waals surface area contributed by atoms with E-state index in [1.54, 1.807) is 0 Å². The molecule has 1 heteroatoms. The lowest BCUT2D eigenvalue weighted by Crippen LogP contribution is -2.10. The van der Waals surface area contributed by atoms with Crippen LogP contribution >= 0.6 is 0 Å². The van der Waals surface area contributed by atoms with Crippen LogP contribution < -0.4 is 0 Å². The zero-order valence-corrected chi connectivity index (χ0v) is 18.7. The molecule has 0 heterocycles. The second-order valence-corrected chi connectivity index (χ2v) is 8.58. The molecule has 28 heavy (non-hydrogen) atoms. The Morgan fingerprint density at radius 3 is 1.29 bits per heavy atom. The summed E-state index contributed by atoms with van der Waals surface area (Å²) in [6, 6.07) is 22.2. The monoisotopic (exact) mass is 378 g/mol. The molecule has 0 aliphatic rings. The lowest BCUT2D eigenvalue weighted by atomic mass is 9.87. The highest BCUT2D eigenvalue weighted by molar-refractivity contribution is 5.26. The van der Waals surface area contributed by atoms with Gasteiger partial charge in [-0.25, -0.2) is 4.39 Å². The van der Waals surface area contributed by atoms with Crippen molar-refractivity contribution in [2.45, 2.75) is 60.8 Å². The summed E-state index contributed by atoms with van der Waals surface area (Å²) in [4.78, 5) is 0. The maximum absolute atomic E-state index is 12.4. The number of hydrogen-bond acceptors (Lipinski definition) is 0. The van der Waals surface area contributed by atoms with Crippen molar-refractivity contribution < 1.29 is 4.39 Å². The van der Waals surface area contributed by atoms with Crippen LogP contribution in [0, 0.1) is 40.4 Å². The molecular weight excluding hydrogens is 343 g/mol. The van der Waals surface area contributed by atoms with Crippen LogP contribution in [0.3, 0.4) is 0 Å². The van der Waals surface area contributed by atoms with E-state index in [1.165, 1.54) is 34.4 Å². The third kappa shape index (κ3) is 9.50. The van der Waals surface area contributed by atoms with Gasteiger partial charge in [0.05, 0.1) is 0 Å². The molecule has 0 saturated heterocycles. The standard InChI is InChI=1S/C11H16.C8H9F.C8H10/c1-9-5-7-10(8-6-9)11(2,3)4;1-6-3-7(2)5-8(9)4-6;1-7-4-3-5-8(2)6-7/h5-8H,1-4H3;3-5H,1-2H3;3-6H,1-2H3. The number of benzene rings is 3. The van der Waals surface area contributed by atoms with Crippen molar-refractivity contribution in [2.24, 2.45) is 0 Å². The molecule has 150 valence electrons. The van der Waals surface area contributed by atoms with Gasteiger partial charge in [0.25, 0.3) is 0 Å². The number of rotatable bonds is 0. The van der Waals surface area contributed by atoms with E-state index in [1.807, 2.05) is 19.9 Å². The van der Waals surface area contributed by atoms with E-state index in [9.17, 15) is 4.39 Å². The zero-order chi connectivity index (χ0) is 21.3. The minimum absolute atomic E-state index is 0.146. The lowest BCUT2D eigenvalue weighted by Gasteiger charge is -2.18. The minimum atomic E-state index is -0.146. The van der Waals surface area contributed by atoms with Crippen LogP contribution in [-0.4, -0.2) is 0 Å². The molecule has 0 unspecified atom stereocenters. The summed E-state index contributed by atoms with van der Waals surface area (Å²) in [5.41, 5.74) is 7.66. The largest absolute Gasteiger partial charge is 0.207 e. The molecule has 0 aliphatic carbocycles. The van der Waals surface area contributed by atoms with Gasteiger partial charge in [-0.15, -0.1) is 0 Å². The van der Waals surface area contributed by atoms with Crippen molar-refractivity contribution in [3.8, 4) is 0 Å². The van der Waals surface area contributed by atoms with E-state index < -0.39 is 0 Å².